The van der Waals surface area contributed by atoms with Crippen LogP contribution in [-0.4, -0.2) is 35.3 Å². The first kappa shape index (κ1) is 20.8. The van der Waals surface area contributed by atoms with Gasteiger partial charge in [0.2, 0.25) is 0 Å². The van der Waals surface area contributed by atoms with Gasteiger partial charge in [-0.25, -0.2) is 9.78 Å². The van der Waals surface area contributed by atoms with Gasteiger partial charge in [-0.1, -0.05) is 26.0 Å². The van der Waals surface area contributed by atoms with Gasteiger partial charge in [0.25, 0.3) is 11.0 Å². The Hall–Kier alpha value is -2.90. The number of nitrogens with zero attached hydrogens (tertiary/aromatic N) is 4. The summed E-state index contributed by atoms with van der Waals surface area (Å²) in [5.74, 6) is 0.693. The lowest BCUT2D eigenvalue weighted by Gasteiger charge is -2.37. The molecule has 1 N–H and O–H groups in total. The van der Waals surface area contributed by atoms with Crippen molar-refractivity contribution in [1.29, 1.82) is 0 Å². The number of fused-ring (bicyclic) bond motifs is 1. The van der Waals surface area contributed by atoms with Gasteiger partial charge >= 0.3 is 6.09 Å². The number of rotatable bonds is 4. The molecule has 1 amide bonds. The molecule has 1 aromatic heterocycles. The fraction of sp³-hybridized carbons (Fsp3) is 0.524. The summed E-state index contributed by atoms with van der Waals surface area (Å²) in [5.41, 5.74) is 0.544. The van der Waals surface area contributed by atoms with Gasteiger partial charge in [0, 0.05) is 31.6 Å². The van der Waals surface area contributed by atoms with E-state index >= 15 is 0 Å². The van der Waals surface area contributed by atoms with Crippen molar-refractivity contribution in [3.63, 3.8) is 0 Å². The molecule has 0 radical (unpaired) electrons. The van der Waals surface area contributed by atoms with Crippen LogP contribution in [0.3, 0.4) is 0 Å². The van der Waals surface area contributed by atoms with Crippen LogP contribution < -0.4 is 21.3 Å². The molecule has 0 bridgehead atoms. The van der Waals surface area contributed by atoms with Crippen LogP contribution in [0.1, 0.15) is 40.5 Å². The second kappa shape index (κ2) is 8.63. The molecule has 156 valence electrons. The SMILES string of the molecule is CCNC(=O)ON=c1nc(N2CCC(C)(C)CC2)c2ccccc2n(CC)c1=O. The lowest BCUT2D eigenvalue weighted by atomic mass is 9.82. The van der Waals surface area contributed by atoms with Gasteiger partial charge in [-0.3, -0.25) is 9.63 Å². The standard InChI is InChI=1S/C21H29N5O3/c1-5-22-20(28)29-24-17-19(27)26(6-2)16-10-8-7-9-15(16)18(23-17)25-13-11-21(3,4)12-14-25/h7-10H,5-6,11-14H2,1-4H3,(H,22,28). The van der Waals surface area contributed by atoms with Crippen LogP contribution in [-0.2, 0) is 11.4 Å². The second-order valence-corrected chi connectivity index (χ2v) is 7.98. The molecule has 2 aromatic rings. The minimum Gasteiger partial charge on any atom is -0.356 e. The van der Waals surface area contributed by atoms with Crippen molar-refractivity contribution in [3.05, 3.63) is 40.1 Å². The van der Waals surface area contributed by atoms with Crippen LogP contribution in [0, 0.1) is 5.41 Å². The summed E-state index contributed by atoms with van der Waals surface area (Å²) in [4.78, 5) is 36.4. The minimum absolute atomic E-state index is 0.130. The molecule has 1 aliphatic rings. The number of aromatic nitrogens is 2. The lowest BCUT2D eigenvalue weighted by Crippen LogP contribution is -2.39. The maximum atomic E-state index is 13.1. The van der Waals surface area contributed by atoms with Gasteiger partial charge in [0.15, 0.2) is 0 Å². The summed E-state index contributed by atoms with van der Waals surface area (Å²) in [7, 11) is 0. The third kappa shape index (κ3) is 4.58. The molecule has 0 unspecified atom stereocenters. The summed E-state index contributed by atoms with van der Waals surface area (Å²) in [6, 6.07) is 7.72. The van der Waals surface area contributed by atoms with Crippen molar-refractivity contribution in [2.24, 2.45) is 10.6 Å². The molecule has 29 heavy (non-hydrogen) atoms. The molecule has 8 nitrogen and oxygen atoms in total. The smallest absolute Gasteiger partial charge is 0.356 e. The molecule has 3 rings (SSSR count). The van der Waals surface area contributed by atoms with Crippen molar-refractivity contribution in [3.8, 4) is 0 Å². The van der Waals surface area contributed by atoms with Gasteiger partial charge in [0.05, 0.1) is 5.52 Å². The molecule has 1 saturated heterocycles. The number of para-hydroxylation sites is 1. The lowest BCUT2D eigenvalue weighted by molar-refractivity contribution is 0.145. The molecule has 0 spiro atoms. The number of nitrogens with one attached hydrogen (secondary N) is 1. The predicted molar refractivity (Wildman–Crippen MR) is 113 cm³/mol. The van der Waals surface area contributed by atoms with Crippen molar-refractivity contribution >= 4 is 22.8 Å². The zero-order valence-electron chi connectivity index (χ0n) is 17.6. The van der Waals surface area contributed by atoms with Crippen molar-refractivity contribution in [1.82, 2.24) is 14.9 Å². The van der Waals surface area contributed by atoms with E-state index in [0.717, 1.165) is 36.8 Å². The number of anilines is 1. The Labute approximate surface area is 170 Å². The van der Waals surface area contributed by atoms with Crippen LogP contribution in [0.2, 0.25) is 0 Å². The van der Waals surface area contributed by atoms with E-state index in [4.69, 9.17) is 4.84 Å². The van der Waals surface area contributed by atoms with Crippen LogP contribution >= 0.6 is 0 Å². The van der Waals surface area contributed by atoms with Gasteiger partial charge < -0.3 is 14.8 Å². The Morgan fingerprint density at radius 1 is 1.24 bits per heavy atom. The molecule has 1 aromatic carbocycles. The molecule has 1 fully saturated rings. The van der Waals surface area contributed by atoms with E-state index in [1.165, 1.54) is 0 Å². The third-order valence-electron chi connectivity index (χ3n) is 5.35. The molecular weight excluding hydrogens is 370 g/mol. The van der Waals surface area contributed by atoms with Crippen LogP contribution in [0.5, 0.6) is 0 Å². The van der Waals surface area contributed by atoms with Crippen molar-refractivity contribution < 1.29 is 9.63 Å². The highest BCUT2D eigenvalue weighted by Crippen LogP contribution is 2.33. The Balaban J connectivity index is 2.22. The monoisotopic (exact) mass is 399 g/mol. The first-order valence-electron chi connectivity index (χ1n) is 10.1. The Morgan fingerprint density at radius 2 is 1.93 bits per heavy atom. The fourth-order valence-electron chi connectivity index (χ4n) is 3.54. The maximum Gasteiger partial charge on any atom is 0.433 e. The zero-order chi connectivity index (χ0) is 21.0. The first-order valence-corrected chi connectivity index (χ1v) is 10.1. The van der Waals surface area contributed by atoms with Crippen LogP contribution in [0.4, 0.5) is 10.6 Å². The van der Waals surface area contributed by atoms with Gasteiger partial charge in [0.1, 0.15) is 5.82 Å². The highest BCUT2D eigenvalue weighted by atomic mass is 16.7. The van der Waals surface area contributed by atoms with Gasteiger partial charge in [-0.15, -0.1) is 0 Å². The summed E-state index contributed by atoms with van der Waals surface area (Å²) < 4.78 is 1.61. The summed E-state index contributed by atoms with van der Waals surface area (Å²) in [6.45, 7) is 10.7. The third-order valence-corrected chi connectivity index (χ3v) is 5.35. The average Bonchev–Trinajstić information content (AvgIpc) is 2.81. The zero-order valence-corrected chi connectivity index (χ0v) is 17.6. The van der Waals surface area contributed by atoms with E-state index in [2.05, 4.69) is 34.2 Å². The largest absolute Gasteiger partial charge is 0.433 e. The number of carbonyl (C=O) groups excluding carboxylic acids is 1. The minimum atomic E-state index is -0.714. The number of benzene rings is 1. The van der Waals surface area contributed by atoms with E-state index in [0.29, 0.717) is 18.9 Å². The van der Waals surface area contributed by atoms with E-state index in [9.17, 15) is 9.59 Å². The quantitative estimate of drug-likeness (QED) is 0.631. The summed E-state index contributed by atoms with van der Waals surface area (Å²) >= 11 is 0. The number of hydrogen-bond acceptors (Lipinski definition) is 6. The molecule has 8 heteroatoms. The van der Waals surface area contributed by atoms with E-state index in [1.54, 1.807) is 11.5 Å². The molecule has 2 heterocycles. The number of piperidine rings is 1. The highest BCUT2D eigenvalue weighted by Gasteiger charge is 2.27. The van der Waals surface area contributed by atoms with E-state index in [1.807, 2.05) is 31.2 Å². The first-order chi connectivity index (χ1) is 13.9. The highest BCUT2D eigenvalue weighted by molar-refractivity contribution is 5.89. The number of amides is 1. The number of hydrogen-bond donors (Lipinski definition) is 1. The molecule has 0 aliphatic carbocycles. The summed E-state index contributed by atoms with van der Waals surface area (Å²) in [6.07, 6.45) is 1.34. The van der Waals surface area contributed by atoms with Gasteiger partial charge in [-0.05, 0) is 49.4 Å². The Morgan fingerprint density at radius 3 is 2.59 bits per heavy atom. The summed E-state index contributed by atoms with van der Waals surface area (Å²) in [5, 5.41) is 7.17. The predicted octanol–water partition coefficient (Wildman–Crippen LogP) is 2.60. The van der Waals surface area contributed by atoms with Gasteiger partial charge in [-0.2, -0.15) is 0 Å². The molecular formula is C21H29N5O3. The Kier molecular flexibility index (Phi) is 6.20. The van der Waals surface area contributed by atoms with Crippen molar-refractivity contribution in [2.45, 2.75) is 47.1 Å². The van der Waals surface area contributed by atoms with Crippen molar-refractivity contribution in [2.75, 3.05) is 24.5 Å². The maximum absolute atomic E-state index is 13.1. The van der Waals surface area contributed by atoms with E-state index in [-0.39, 0.29) is 10.9 Å². The van der Waals surface area contributed by atoms with E-state index < -0.39 is 11.7 Å². The van der Waals surface area contributed by atoms with Crippen LogP contribution in [0.15, 0.2) is 34.2 Å². The molecule has 1 aliphatic heterocycles. The Bertz CT molecular complexity index is 1020. The number of aryl methyl sites for hydroxylation is 1. The fourth-order valence-corrected chi connectivity index (χ4v) is 3.54. The molecule has 0 atom stereocenters. The number of carbonyl (C=O) groups is 1. The molecule has 0 saturated carbocycles. The topological polar surface area (TPSA) is 88.8 Å². The normalized spacial score (nSPS) is 16.7. The average molecular weight is 399 g/mol. The van der Waals surface area contributed by atoms with Crippen LogP contribution in [0.25, 0.3) is 10.9 Å². The second-order valence-electron chi connectivity index (χ2n) is 7.98.